The lowest BCUT2D eigenvalue weighted by Gasteiger charge is -2.23. The monoisotopic (exact) mass is 348 g/mol. The van der Waals surface area contributed by atoms with Crippen molar-refractivity contribution in [2.24, 2.45) is 5.92 Å². The van der Waals surface area contributed by atoms with Crippen LogP contribution in [0.2, 0.25) is 0 Å². The Balaban J connectivity index is 1.59. The summed E-state index contributed by atoms with van der Waals surface area (Å²) in [7, 11) is 1.64. The zero-order valence-corrected chi connectivity index (χ0v) is 14.9. The van der Waals surface area contributed by atoms with Crippen molar-refractivity contribution < 1.29 is 14.3 Å². The maximum atomic E-state index is 12.7. The second-order valence-corrected chi connectivity index (χ2v) is 7.54. The molecule has 3 rings (SSSR count). The van der Waals surface area contributed by atoms with Crippen LogP contribution >= 0.6 is 11.8 Å². The van der Waals surface area contributed by atoms with Gasteiger partial charge < -0.3 is 14.5 Å². The minimum absolute atomic E-state index is 0.0772. The van der Waals surface area contributed by atoms with Gasteiger partial charge in [-0.2, -0.15) is 11.8 Å². The zero-order chi connectivity index (χ0) is 16.9. The molecule has 2 aliphatic rings. The van der Waals surface area contributed by atoms with Crippen LogP contribution in [-0.2, 0) is 16.1 Å². The van der Waals surface area contributed by atoms with Gasteiger partial charge in [-0.15, -0.1) is 0 Å². The Bertz CT molecular complexity index is 582. The molecule has 0 radical (unpaired) electrons. The van der Waals surface area contributed by atoms with Crippen LogP contribution in [0, 0.1) is 5.92 Å². The smallest absolute Gasteiger partial charge is 0.228 e. The van der Waals surface area contributed by atoms with Crippen LogP contribution in [0.3, 0.4) is 0 Å². The van der Waals surface area contributed by atoms with E-state index in [-0.39, 0.29) is 17.7 Å². The van der Waals surface area contributed by atoms with Crippen LogP contribution in [0.15, 0.2) is 24.3 Å². The molecule has 0 aromatic heterocycles. The number of carbonyl (C=O) groups is 2. The highest BCUT2D eigenvalue weighted by Crippen LogP contribution is 2.24. The molecule has 24 heavy (non-hydrogen) atoms. The molecule has 0 unspecified atom stereocenters. The summed E-state index contributed by atoms with van der Waals surface area (Å²) in [5.74, 6) is 2.98. The van der Waals surface area contributed by atoms with E-state index in [1.165, 1.54) is 0 Å². The number of nitrogens with zero attached hydrogens (tertiary/aromatic N) is 2. The van der Waals surface area contributed by atoms with E-state index < -0.39 is 0 Å². The van der Waals surface area contributed by atoms with Crippen molar-refractivity contribution in [3.05, 3.63) is 29.8 Å². The predicted octanol–water partition coefficient (Wildman–Crippen LogP) is 2.01. The van der Waals surface area contributed by atoms with E-state index in [9.17, 15) is 9.59 Å². The Morgan fingerprint density at radius 1 is 1.25 bits per heavy atom. The molecule has 5 nitrogen and oxygen atoms in total. The average Bonchev–Trinajstić information content (AvgIpc) is 2.80. The van der Waals surface area contributed by atoms with Crippen LogP contribution in [0.5, 0.6) is 5.75 Å². The molecule has 130 valence electrons. The van der Waals surface area contributed by atoms with E-state index >= 15 is 0 Å². The van der Waals surface area contributed by atoms with Gasteiger partial charge in [0, 0.05) is 38.4 Å². The number of hydrogen-bond acceptors (Lipinski definition) is 4. The van der Waals surface area contributed by atoms with Gasteiger partial charge in [0.15, 0.2) is 0 Å². The van der Waals surface area contributed by atoms with Crippen LogP contribution in [0.4, 0.5) is 0 Å². The van der Waals surface area contributed by atoms with Gasteiger partial charge >= 0.3 is 0 Å². The molecule has 2 aliphatic heterocycles. The topological polar surface area (TPSA) is 49.9 Å². The third kappa shape index (κ3) is 4.04. The summed E-state index contributed by atoms with van der Waals surface area (Å²) >= 11 is 1.90. The number of likely N-dealkylation sites (tertiary alicyclic amines) is 1. The number of methoxy groups -OCH3 is 1. The Morgan fingerprint density at radius 3 is 2.79 bits per heavy atom. The van der Waals surface area contributed by atoms with Gasteiger partial charge in [-0.25, -0.2) is 0 Å². The molecule has 2 amide bonds. The van der Waals surface area contributed by atoms with E-state index in [0.29, 0.717) is 19.5 Å². The molecular weight excluding hydrogens is 324 g/mol. The number of rotatable bonds is 4. The largest absolute Gasteiger partial charge is 0.497 e. The summed E-state index contributed by atoms with van der Waals surface area (Å²) in [5, 5.41) is 0. The second kappa shape index (κ2) is 7.92. The van der Waals surface area contributed by atoms with Crippen molar-refractivity contribution in [2.75, 3.05) is 38.2 Å². The zero-order valence-electron chi connectivity index (χ0n) is 14.1. The predicted molar refractivity (Wildman–Crippen MR) is 95.0 cm³/mol. The first kappa shape index (κ1) is 17.1. The fourth-order valence-electron chi connectivity index (χ4n) is 3.27. The van der Waals surface area contributed by atoms with Gasteiger partial charge in [0.1, 0.15) is 5.75 Å². The molecule has 1 aromatic rings. The lowest BCUT2D eigenvalue weighted by Crippen LogP contribution is -2.38. The lowest BCUT2D eigenvalue weighted by atomic mass is 10.1. The van der Waals surface area contributed by atoms with Crippen molar-refractivity contribution in [3.63, 3.8) is 0 Å². The lowest BCUT2D eigenvalue weighted by molar-refractivity contribution is -0.135. The van der Waals surface area contributed by atoms with Crippen LogP contribution in [0.25, 0.3) is 0 Å². The van der Waals surface area contributed by atoms with Crippen LogP contribution in [0.1, 0.15) is 18.4 Å². The van der Waals surface area contributed by atoms with E-state index in [0.717, 1.165) is 42.3 Å². The molecule has 2 fully saturated rings. The molecule has 6 heteroatoms. The first-order valence-electron chi connectivity index (χ1n) is 8.44. The van der Waals surface area contributed by atoms with E-state index in [1.807, 2.05) is 40.9 Å². The third-order valence-corrected chi connectivity index (χ3v) is 5.68. The summed E-state index contributed by atoms with van der Waals surface area (Å²) in [6.07, 6.45) is 1.39. The van der Waals surface area contributed by atoms with Gasteiger partial charge in [-0.05, 0) is 29.9 Å². The summed E-state index contributed by atoms with van der Waals surface area (Å²) in [6, 6.07) is 7.72. The normalized spacial score (nSPS) is 21.7. The third-order valence-electron chi connectivity index (χ3n) is 4.63. The van der Waals surface area contributed by atoms with Crippen LogP contribution in [-0.4, -0.2) is 59.9 Å². The highest BCUT2D eigenvalue weighted by molar-refractivity contribution is 7.99. The summed E-state index contributed by atoms with van der Waals surface area (Å²) < 4.78 is 5.15. The van der Waals surface area contributed by atoms with Gasteiger partial charge in [-0.3, -0.25) is 9.59 Å². The quantitative estimate of drug-likeness (QED) is 0.835. The maximum Gasteiger partial charge on any atom is 0.228 e. The summed E-state index contributed by atoms with van der Waals surface area (Å²) in [6.45, 7) is 2.73. The Morgan fingerprint density at radius 2 is 2.04 bits per heavy atom. The van der Waals surface area contributed by atoms with Gasteiger partial charge in [0.25, 0.3) is 0 Å². The number of carbonyl (C=O) groups excluding carboxylic acids is 2. The summed E-state index contributed by atoms with van der Waals surface area (Å²) in [5.41, 5.74) is 1.06. The number of hydrogen-bond donors (Lipinski definition) is 0. The minimum atomic E-state index is -0.182. The molecule has 0 bridgehead atoms. The van der Waals surface area contributed by atoms with Gasteiger partial charge in [0.05, 0.1) is 13.0 Å². The number of benzene rings is 1. The fourth-order valence-corrected chi connectivity index (χ4v) is 4.15. The minimum Gasteiger partial charge on any atom is -0.497 e. The van der Waals surface area contributed by atoms with E-state index in [1.54, 1.807) is 12.0 Å². The highest BCUT2D eigenvalue weighted by Gasteiger charge is 2.36. The highest BCUT2D eigenvalue weighted by atomic mass is 32.2. The number of thioether (sulfide) groups is 1. The van der Waals surface area contributed by atoms with Gasteiger partial charge in [-0.1, -0.05) is 12.1 Å². The molecule has 0 N–H and O–H groups in total. The van der Waals surface area contributed by atoms with Gasteiger partial charge in [0.2, 0.25) is 11.8 Å². The van der Waals surface area contributed by atoms with Crippen molar-refractivity contribution in [1.29, 1.82) is 0 Å². The maximum absolute atomic E-state index is 12.7. The molecule has 2 heterocycles. The first-order chi connectivity index (χ1) is 11.7. The van der Waals surface area contributed by atoms with Crippen molar-refractivity contribution in [2.45, 2.75) is 19.4 Å². The van der Waals surface area contributed by atoms with Crippen LogP contribution < -0.4 is 4.74 Å². The second-order valence-electron chi connectivity index (χ2n) is 6.31. The standard InChI is InChI=1S/C18H24N2O3S/c1-23-16-5-3-14(4-6-16)12-20-13-15(11-17(20)21)18(22)19-7-2-9-24-10-8-19/h3-6,15H,2,7-13H2,1H3/t15-/m1/s1. The van der Waals surface area contributed by atoms with Crippen molar-refractivity contribution in [3.8, 4) is 5.75 Å². The molecule has 0 spiro atoms. The van der Waals surface area contributed by atoms with E-state index in [4.69, 9.17) is 4.74 Å². The SMILES string of the molecule is COc1ccc(CN2C[C@H](C(=O)N3CCCSCC3)CC2=O)cc1. The van der Waals surface area contributed by atoms with Crippen molar-refractivity contribution in [1.82, 2.24) is 9.80 Å². The van der Waals surface area contributed by atoms with E-state index in [2.05, 4.69) is 0 Å². The average molecular weight is 348 g/mol. The molecular formula is C18H24N2O3S. The van der Waals surface area contributed by atoms with Crippen molar-refractivity contribution >= 4 is 23.6 Å². The molecule has 0 aliphatic carbocycles. The number of amides is 2. The Kier molecular flexibility index (Phi) is 5.66. The molecule has 2 saturated heterocycles. The molecule has 0 saturated carbocycles. The molecule has 1 atom stereocenters. The number of ether oxygens (including phenoxy) is 1. The summed E-state index contributed by atoms with van der Waals surface area (Å²) in [4.78, 5) is 28.8. The Labute approximate surface area is 147 Å². The fraction of sp³-hybridized carbons (Fsp3) is 0.556. The molecule has 1 aromatic carbocycles. The first-order valence-corrected chi connectivity index (χ1v) is 9.60. The Hall–Kier alpha value is -1.69.